The summed E-state index contributed by atoms with van der Waals surface area (Å²) in [7, 11) is -1.61. The molecule has 1 aromatic heterocycles. The van der Waals surface area contributed by atoms with Gasteiger partial charge in [-0.25, -0.2) is 4.21 Å². The number of carbonyl (C=O) groups is 1. The van der Waals surface area contributed by atoms with Crippen LogP contribution in [0.4, 0.5) is 0 Å². The standard InChI is InChI=1S/C18H16N2O4S/c1-12(22)20-25(23)15-9-7-13(8-10-15)17-16(11-21)24-19-18(17)14-5-3-2-4-6-14/h2-10,21H,11H2,1H3,(H,20,22). The van der Waals surface area contributed by atoms with E-state index in [0.29, 0.717) is 21.9 Å². The van der Waals surface area contributed by atoms with Crippen molar-refractivity contribution in [1.29, 1.82) is 0 Å². The van der Waals surface area contributed by atoms with Crippen molar-refractivity contribution < 1.29 is 18.6 Å². The summed E-state index contributed by atoms with van der Waals surface area (Å²) < 4.78 is 19.6. The van der Waals surface area contributed by atoms with Crippen LogP contribution in [0.1, 0.15) is 12.7 Å². The highest BCUT2D eigenvalue weighted by atomic mass is 32.2. The molecular weight excluding hydrogens is 340 g/mol. The smallest absolute Gasteiger partial charge is 0.228 e. The molecule has 0 fully saturated rings. The van der Waals surface area contributed by atoms with E-state index < -0.39 is 11.0 Å². The van der Waals surface area contributed by atoms with Gasteiger partial charge in [-0.2, -0.15) is 0 Å². The van der Waals surface area contributed by atoms with Crippen molar-refractivity contribution in [2.24, 2.45) is 0 Å². The maximum Gasteiger partial charge on any atom is 0.228 e. The Kier molecular flexibility index (Phi) is 5.06. The fourth-order valence-corrected chi connectivity index (χ4v) is 3.22. The Hall–Kier alpha value is -2.77. The molecule has 2 aromatic carbocycles. The zero-order valence-corrected chi connectivity index (χ0v) is 14.2. The largest absolute Gasteiger partial charge is 0.388 e. The summed E-state index contributed by atoms with van der Waals surface area (Å²) in [6, 6.07) is 16.3. The van der Waals surface area contributed by atoms with Crippen LogP contribution in [-0.4, -0.2) is 20.4 Å². The minimum absolute atomic E-state index is 0.283. The highest BCUT2D eigenvalue weighted by Crippen LogP contribution is 2.34. The first-order valence-electron chi connectivity index (χ1n) is 7.54. The highest BCUT2D eigenvalue weighted by molar-refractivity contribution is 7.83. The zero-order valence-electron chi connectivity index (χ0n) is 13.4. The van der Waals surface area contributed by atoms with Gasteiger partial charge >= 0.3 is 0 Å². The number of nitrogens with zero attached hydrogens (tertiary/aromatic N) is 1. The van der Waals surface area contributed by atoms with Gasteiger partial charge in [-0.3, -0.25) is 9.52 Å². The Labute approximate surface area is 147 Å². The molecule has 0 radical (unpaired) electrons. The van der Waals surface area contributed by atoms with Gasteiger partial charge in [-0.05, 0) is 17.7 Å². The van der Waals surface area contributed by atoms with Crippen LogP contribution in [0.25, 0.3) is 22.4 Å². The van der Waals surface area contributed by atoms with Crippen LogP contribution < -0.4 is 4.72 Å². The molecule has 3 rings (SSSR count). The van der Waals surface area contributed by atoms with E-state index in [9.17, 15) is 14.1 Å². The third-order valence-corrected chi connectivity index (χ3v) is 4.72. The van der Waals surface area contributed by atoms with Crippen molar-refractivity contribution in [2.75, 3.05) is 0 Å². The number of benzene rings is 2. The second kappa shape index (κ2) is 7.42. The summed E-state index contributed by atoms with van der Waals surface area (Å²) in [5.41, 5.74) is 2.95. The van der Waals surface area contributed by atoms with Gasteiger partial charge in [-0.1, -0.05) is 47.6 Å². The number of rotatable bonds is 5. The van der Waals surface area contributed by atoms with E-state index >= 15 is 0 Å². The van der Waals surface area contributed by atoms with Gasteiger partial charge in [0, 0.05) is 12.5 Å². The summed E-state index contributed by atoms with van der Waals surface area (Å²) in [5.74, 6) is -0.00929. The second-order valence-corrected chi connectivity index (χ2v) is 6.52. The fourth-order valence-electron chi connectivity index (χ4n) is 2.46. The van der Waals surface area contributed by atoms with Crippen LogP contribution in [0.5, 0.6) is 0 Å². The van der Waals surface area contributed by atoms with Crippen LogP contribution >= 0.6 is 0 Å². The summed E-state index contributed by atoms with van der Waals surface area (Å²) in [5, 5.41) is 13.6. The van der Waals surface area contributed by atoms with Gasteiger partial charge in [0.2, 0.25) is 5.91 Å². The molecule has 25 heavy (non-hydrogen) atoms. The van der Waals surface area contributed by atoms with Crippen LogP contribution in [0, 0.1) is 0 Å². The number of nitrogens with one attached hydrogen (secondary N) is 1. The fraction of sp³-hybridized carbons (Fsp3) is 0.111. The normalized spacial score (nSPS) is 11.9. The molecule has 0 aliphatic carbocycles. The number of aliphatic hydroxyl groups is 1. The topological polar surface area (TPSA) is 92.4 Å². The molecule has 2 N–H and O–H groups in total. The number of carbonyl (C=O) groups excluding carboxylic acids is 1. The summed E-state index contributed by atoms with van der Waals surface area (Å²) in [4.78, 5) is 11.5. The molecule has 7 heteroatoms. The first-order chi connectivity index (χ1) is 12.1. The average Bonchev–Trinajstić information content (AvgIpc) is 3.06. The predicted octanol–water partition coefficient (Wildman–Crippen LogP) is 2.66. The third kappa shape index (κ3) is 3.67. The van der Waals surface area contributed by atoms with Crippen LogP contribution in [-0.2, 0) is 22.4 Å². The van der Waals surface area contributed by atoms with Crippen molar-refractivity contribution in [3.05, 3.63) is 60.4 Å². The Bertz CT molecular complexity index is 905. The summed E-state index contributed by atoms with van der Waals surface area (Å²) in [6.45, 7) is 1.03. The van der Waals surface area contributed by atoms with Crippen molar-refractivity contribution in [2.45, 2.75) is 18.4 Å². The Balaban J connectivity index is 2.00. The molecule has 1 unspecified atom stereocenters. The van der Waals surface area contributed by atoms with Gasteiger partial charge in [-0.15, -0.1) is 0 Å². The molecule has 0 spiro atoms. The first-order valence-corrected chi connectivity index (χ1v) is 8.69. The van der Waals surface area contributed by atoms with Crippen LogP contribution in [0.2, 0.25) is 0 Å². The van der Waals surface area contributed by atoms with Gasteiger partial charge in [0.1, 0.15) is 12.3 Å². The summed E-state index contributed by atoms with van der Waals surface area (Å²) >= 11 is 0. The number of hydrogen-bond acceptors (Lipinski definition) is 5. The number of hydrogen-bond donors (Lipinski definition) is 2. The van der Waals surface area contributed by atoms with Gasteiger partial charge < -0.3 is 9.63 Å². The van der Waals surface area contributed by atoms with E-state index in [1.54, 1.807) is 24.3 Å². The lowest BCUT2D eigenvalue weighted by molar-refractivity contribution is -0.117. The minimum atomic E-state index is -1.61. The lowest BCUT2D eigenvalue weighted by Gasteiger charge is -2.06. The van der Waals surface area contributed by atoms with E-state index in [4.69, 9.17) is 4.52 Å². The van der Waals surface area contributed by atoms with Gasteiger partial charge in [0.05, 0.1) is 10.5 Å². The van der Waals surface area contributed by atoms with Gasteiger partial charge in [0.25, 0.3) is 0 Å². The van der Waals surface area contributed by atoms with Crippen molar-refractivity contribution in [3.8, 4) is 22.4 Å². The molecule has 1 heterocycles. The van der Waals surface area contributed by atoms with E-state index in [0.717, 1.165) is 11.1 Å². The van der Waals surface area contributed by atoms with Crippen molar-refractivity contribution >= 4 is 16.9 Å². The monoisotopic (exact) mass is 356 g/mol. The SMILES string of the molecule is CC(=O)NS(=O)c1ccc(-c2c(-c3ccccc3)noc2CO)cc1. The molecule has 0 saturated heterocycles. The quantitative estimate of drug-likeness (QED) is 0.733. The van der Waals surface area contributed by atoms with E-state index in [1.165, 1.54) is 6.92 Å². The number of amides is 1. The molecule has 0 bridgehead atoms. The van der Waals surface area contributed by atoms with E-state index in [2.05, 4.69) is 9.88 Å². The molecule has 0 saturated carbocycles. The van der Waals surface area contributed by atoms with E-state index in [1.807, 2.05) is 30.3 Å². The molecule has 1 amide bonds. The first kappa shape index (κ1) is 17.1. The van der Waals surface area contributed by atoms with Crippen LogP contribution in [0.3, 0.4) is 0 Å². The number of aromatic nitrogens is 1. The maximum absolute atomic E-state index is 12.0. The molecule has 128 valence electrons. The number of aliphatic hydroxyl groups excluding tert-OH is 1. The molecule has 3 aromatic rings. The van der Waals surface area contributed by atoms with E-state index in [-0.39, 0.29) is 12.5 Å². The Morgan fingerprint density at radius 3 is 2.40 bits per heavy atom. The zero-order chi connectivity index (χ0) is 17.8. The Morgan fingerprint density at radius 2 is 1.80 bits per heavy atom. The van der Waals surface area contributed by atoms with Crippen molar-refractivity contribution in [3.63, 3.8) is 0 Å². The highest BCUT2D eigenvalue weighted by Gasteiger charge is 2.19. The molecule has 1 atom stereocenters. The molecular formula is C18H16N2O4S. The lowest BCUT2D eigenvalue weighted by Crippen LogP contribution is -2.22. The predicted molar refractivity (Wildman–Crippen MR) is 93.5 cm³/mol. The lowest BCUT2D eigenvalue weighted by atomic mass is 9.99. The molecule has 6 nitrogen and oxygen atoms in total. The van der Waals surface area contributed by atoms with Crippen LogP contribution in [0.15, 0.2) is 64.0 Å². The summed E-state index contributed by atoms with van der Waals surface area (Å²) in [6.07, 6.45) is 0. The maximum atomic E-state index is 12.0. The second-order valence-electron chi connectivity index (χ2n) is 5.30. The third-order valence-electron chi connectivity index (χ3n) is 3.55. The van der Waals surface area contributed by atoms with Gasteiger partial charge in [0.15, 0.2) is 16.7 Å². The van der Waals surface area contributed by atoms with Crippen molar-refractivity contribution in [1.82, 2.24) is 9.88 Å². The molecule has 0 aliphatic heterocycles. The minimum Gasteiger partial charge on any atom is -0.388 e. The Morgan fingerprint density at radius 1 is 1.12 bits per heavy atom. The molecule has 0 aliphatic rings. The average molecular weight is 356 g/mol.